The molecule has 2 amide bonds. The fraction of sp³-hybridized carbons (Fsp3) is 0.600. The minimum absolute atomic E-state index is 0.0274. The van der Waals surface area contributed by atoms with E-state index in [0.29, 0.717) is 17.4 Å². The number of hydrogen-bond donors (Lipinski definition) is 1. The van der Waals surface area contributed by atoms with Crippen LogP contribution in [0.1, 0.15) is 31.9 Å². The van der Waals surface area contributed by atoms with E-state index in [-0.39, 0.29) is 30.2 Å². The lowest BCUT2D eigenvalue weighted by Crippen LogP contribution is -2.32. The first-order valence-corrected chi connectivity index (χ1v) is 7.48. The van der Waals surface area contributed by atoms with Gasteiger partial charge in [0.1, 0.15) is 5.82 Å². The van der Waals surface area contributed by atoms with Crippen molar-refractivity contribution in [3.8, 4) is 0 Å². The lowest BCUT2D eigenvalue weighted by molar-refractivity contribution is -0.141. The lowest BCUT2D eigenvalue weighted by Gasteiger charge is -2.17. The average Bonchev–Trinajstić information content (AvgIpc) is 3.03. The third kappa shape index (κ3) is 2.39. The summed E-state index contributed by atoms with van der Waals surface area (Å²) in [7, 11) is 1.77. The highest BCUT2D eigenvalue weighted by Gasteiger charge is 2.52. The molecular formula is C15H20N4O2. The van der Waals surface area contributed by atoms with E-state index in [1.54, 1.807) is 19.4 Å². The maximum Gasteiger partial charge on any atom is 0.233 e. The van der Waals surface area contributed by atoms with E-state index in [2.05, 4.69) is 22.2 Å². The standard InChI is InChI=1S/C15H20N4O2/c1-3-9-4-11-12(5-9)15(21)19(14(11)20)8-10-6-18-13(16-2)7-17-10/h6-7,9,11-12H,3-5,8H2,1-2H3,(H,16,18). The molecule has 1 aromatic rings. The third-order valence-corrected chi connectivity index (χ3v) is 4.69. The van der Waals surface area contributed by atoms with Crippen LogP contribution in [0, 0.1) is 17.8 Å². The second-order valence-corrected chi connectivity index (χ2v) is 5.86. The van der Waals surface area contributed by atoms with Crippen molar-refractivity contribution in [2.75, 3.05) is 12.4 Å². The van der Waals surface area contributed by atoms with Gasteiger partial charge in [0.15, 0.2) is 0 Å². The second kappa shape index (κ2) is 5.42. The SMILES string of the molecule is CCC1CC2C(=O)N(Cc3cnc(NC)cn3)C(=O)C2C1. The molecule has 6 heteroatoms. The number of imide groups is 1. The van der Waals surface area contributed by atoms with Crippen LogP contribution in [0.2, 0.25) is 0 Å². The van der Waals surface area contributed by atoms with Crippen LogP contribution in [0.3, 0.4) is 0 Å². The van der Waals surface area contributed by atoms with Gasteiger partial charge in [-0.1, -0.05) is 13.3 Å². The molecule has 2 heterocycles. The van der Waals surface area contributed by atoms with Gasteiger partial charge in [-0.3, -0.25) is 19.5 Å². The van der Waals surface area contributed by atoms with E-state index >= 15 is 0 Å². The Morgan fingerprint density at radius 3 is 2.33 bits per heavy atom. The Bertz CT molecular complexity index is 533. The Hall–Kier alpha value is -1.98. The van der Waals surface area contributed by atoms with Gasteiger partial charge in [0.05, 0.1) is 36.5 Å². The Kier molecular flexibility index (Phi) is 3.61. The number of rotatable bonds is 4. The smallest absolute Gasteiger partial charge is 0.233 e. The number of aromatic nitrogens is 2. The number of hydrogen-bond acceptors (Lipinski definition) is 5. The van der Waals surface area contributed by atoms with Crippen molar-refractivity contribution in [3.63, 3.8) is 0 Å². The van der Waals surface area contributed by atoms with Crippen LogP contribution in [0.5, 0.6) is 0 Å². The summed E-state index contributed by atoms with van der Waals surface area (Å²) in [5, 5.41) is 2.89. The second-order valence-electron chi connectivity index (χ2n) is 5.86. The fourth-order valence-electron chi connectivity index (χ4n) is 3.41. The number of anilines is 1. The van der Waals surface area contributed by atoms with Crippen LogP contribution in [-0.4, -0.2) is 33.7 Å². The van der Waals surface area contributed by atoms with Gasteiger partial charge in [0, 0.05) is 7.05 Å². The lowest BCUT2D eigenvalue weighted by atomic mass is 10.00. The van der Waals surface area contributed by atoms with E-state index in [9.17, 15) is 9.59 Å². The van der Waals surface area contributed by atoms with Crippen molar-refractivity contribution in [1.82, 2.24) is 14.9 Å². The summed E-state index contributed by atoms with van der Waals surface area (Å²) in [4.78, 5) is 34.6. The molecule has 1 saturated heterocycles. The van der Waals surface area contributed by atoms with E-state index in [4.69, 9.17) is 0 Å². The predicted octanol–water partition coefficient (Wildman–Crippen LogP) is 1.44. The van der Waals surface area contributed by atoms with Crippen LogP contribution in [0.4, 0.5) is 5.82 Å². The molecule has 1 saturated carbocycles. The predicted molar refractivity (Wildman–Crippen MR) is 77.1 cm³/mol. The number of fused-ring (bicyclic) bond motifs is 1. The molecule has 2 unspecified atom stereocenters. The first kappa shape index (κ1) is 14.0. The number of amides is 2. The van der Waals surface area contributed by atoms with Crippen LogP contribution >= 0.6 is 0 Å². The molecular weight excluding hydrogens is 268 g/mol. The summed E-state index contributed by atoms with van der Waals surface area (Å²) < 4.78 is 0. The molecule has 0 spiro atoms. The van der Waals surface area contributed by atoms with Gasteiger partial charge in [-0.25, -0.2) is 4.98 Å². The molecule has 21 heavy (non-hydrogen) atoms. The monoisotopic (exact) mass is 288 g/mol. The minimum atomic E-state index is -0.105. The number of likely N-dealkylation sites (tertiary alicyclic amines) is 1. The van der Waals surface area contributed by atoms with Gasteiger partial charge in [0.2, 0.25) is 11.8 Å². The van der Waals surface area contributed by atoms with Crippen molar-refractivity contribution >= 4 is 17.6 Å². The van der Waals surface area contributed by atoms with E-state index in [0.717, 1.165) is 19.3 Å². The minimum Gasteiger partial charge on any atom is -0.372 e. The quantitative estimate of drug-likeness (QED) is 0.848. The molecule has 0 bridgehead atoms. The summed E-state index contributed by atoms with van der Waals surface area (Å²) in [5.74, 6) is 0.921. The molecule has 6 nitrogen and oxygen atoms in total. The molecule has 2 fully saturated rings. The van der Waals surface area contributed by atoms with Gasteiger partial charge < -0.3 is 5.32 Å². The molecule has 3 rings (SSSR count). The summed E-state index contributed by atoms with van der Waals surface area (Å²) in [6.07, 6.45) is 5.97. The molecule has 1 N–H and O–H groups in total. The number of nitrogens with zero attached hydrogens (tertiary/aromatic N) is 3. The highest BCUT2D eigenvalue weighted by atomic mass is 16.2. The van der Waals surface area contributed by atoms with Gasteiger partial charge >= 0.3 is 0 Å². The van der Waals surface area contributed by atoms with Crippen molar-refractivity contribution in [2.45, 2.75) is 32.7 Å². The molecule has 2 aliphatic rings. The molecule has 112 valence electrons. The fourth-order valence-corrected chi connectivity index (χ4v) is 3.41. The first-order valence-electron chi connectivity index (χ1n) is 7.48. The van der Waals surface area contributed by atoms with Crippen LogP contribution in [0.15, 0.2) is 12.4 Å². The van der Waals surface area contributed by atoms with Crippen molar-refractivity contribution in [3.05, 3.63) is 18.1 Å². The Labute approximate surface area is 124 Å². The third-order valence-electron chi connectivity index (χ3n) is 4.69. The first-order chi connectivity index (χ1) is 10.1. The van der Waals surface area contributed by atoms with E-state index in [1.165, 1.54) is 4.90 Å². The average molecular weight is 288 g/mol. The Morgan fingerprint density at radius 2 is 1.86 bits per heavy atom. The number of nitrogens with one attached hydrogen (secondary N) is 1. The molecule has 0 radical (unpaired) electrons. The Balaban J connectivity index is 1.72. The van der Waals surface area contributed by atoms with Crippen molar-refractivity contribution in [2.24, 2.45) is 17.8 Å². The largest absolute Gasteiger partial charge is 0.372 e. The number of carbonyl (C=O) groups excluding carboxylic acids is 2. The van der Waals surface area contributed by atoms with Gasteiger partial charge in [-0.05, 0) is 18.8 Å². The highest BCUT2D eigenvalue weighted by molar-refractivity contribution is 6.05. The van der Waals surface area contributed by atoms with Gasteiger partial charge in [-0.15, -0.1) is 0 Å². The van der Waals surface area contributed by atoms with Gasteiger partial charge in [-0.2, -0.15) is 0 Å². The molecule has 1 aromatic heterocycles. The summed E-state index contributed by atoms with van der Waals surface area (Å²) in [6.45, 7) is 2.36. The zero-order valence-electron chi connectivity index (χ0n) is 12.4. The molecule has 0 aromatic carbocycles. The zero-order valence-corrected chi connectivity index (χ0v) is 12.4. The Morgan fingerprint density at radius 1 is 1.19 bits per heavy atom. The highest BCUT2D eigenvalue weighted by Crippen LogP contribution is 2.44. The number of carbonyl (C=O) groups is 2. The summed E-state index contributed by atoms with van der Waals surface area (Å²) in [6, 6.07) is 0. The van der Waals surface area contributed by atoms with Crippen LogP contribution in [-0.2, 0) is 16.1 Å². The maximum absolute atomic E-state index is 12.4. The normalized spacial score (nSPS) is 28.1. The summed E-state index contributed by atoms with van der Waals surface area (Å²) >= 11 is 0. The van der Waals surface area contributed by atoms with Gasteiger partial charge in [0.25, 0.3) is 0 Å². The van der Waals surface area contributed by atoms with E-state index < -0.39 is 0 Å². The van der Waals surface area contributed by atoms with Crippen molar-refractivity contribution < 1.29 is 9.59 Å². The summed E-state index contributed by atoms with van der Waals surface area (Å²) in [5.41, 5.74) is 0.641. The van der Waals surface area contributed by atoms with Crippen molar-refractivity contribution in [1.29, 1.82) is 0 Å². The molecule has 1 aliphatic carbocycles. The molecule has 1 aliphatic heterocycles. The topological polar surface area (TPSA) is 75.2 Å². The molecule has 2 atom stereocenters. The maximum atomic E-state index is 12.4. The van der Waals surface area contributed by atoms with Crippen LogP contribution in [0.25, 0.3) is 0 Å². The zero-order chi connectivity index (χ0) is 15.0. The van der Waals surface area contributed by atoms with Crippen LogP contribution < -0.4 is 5.32 Å². The van der Waals surface area contributed by atoms with E-state index in [1.807, 2.05) is 0 Å².